The third-order valence-corrected chi connectivity index (χ3v) is 4.85. The van der Waals surface area contributed by atoms with Gasteiger partial charge in [0.15, 0.2) is 5.78 Å². The van der Waals surface area contributed by atoms with E-state index in [2.05, 4.69) is 18.1 Å². The Kier molecular flexibility index (Phi) is 4.14. The fourth-order valence-electron chi connectivity index (χ4n) is 3.37. The van der Waals surface area contributed by atoms with Gasteiger partial charge < -0.3 is 0 Å². The molecule has 0 radical (unpaired) electrons. The van der Waals surface area contributed by atoms with Gasteiger partial charge in [-0.15, -0.1) is 0 Å². The zero-order chi connectivity index (χ0) is 15.7. The molecule has 3 heteroatoms. The summed E-state index contributed by atoms with van der Waals surface area (Å²) in [7, 11) is 0. The van der Waals surface area contributed by atoms with Gasteiger partial charge in [0.1, 0.15) is 0 Å². The molecule has 2 aromatic rings. The molecule has 3 rings (SSSR count). The number of ketones is 1. The molecule has 1 aromatic heterocycles. The van der Waals surface area contributed by atoms with Crippen molar-refractivity contribution in [1.82, 2.24) is 9.78 Å². The van der Waals surface area contributed by atoms with Crippen LogP contribution >= 0.6 is 0 Å². The molecular formula is C19H24N2O. The summed E-state index contributed by atoms with van der Waals surface area (Å²) in [6.45, 7) is 6.29. The molecule has 0 bridgehead atoms. The van der Waals surface area contributed by atoms with Gasteiger partial charge in [-0.25, -0.2) is 4.68 Å². The van der Waals surface area contributed by atoms with Crippen molar-refractivity contribution in [2.75, 3.05) is 0 Å². The fraction of sp³-hybridized carbons (Fsp3) is 0.474. The Morgan fingerprint density at radius 3 is 2.45 bits per heavy atom. The molecule has 1 heterocycles. The van der Waals surface area contributed by atoms with Crippen molar-refractivity contribution in [2.45, 2.75) is 46.5 Å². The number of carbonyl (C=O) groups excluding carboxylic acids is 1. The van der Waals surface area contributed by atoms with Crippen LogP contribution in [0.3, 0.4) is 0 Å². The zero-order valence-electron chi connectivity index (χ0n) is 13.7. The van der Waals surface area contributed by atoms with Crippen molar-refractivity contribution in [3.63, 3.8) is 0 Å². The van der Waals surface area contributed by atoms with E-state index in [-0.39, 0.29) is 5.92 Å². The molecule has 0 saturated heterocycles. The number of hydrogen-bond acceptors (Lipinski definition) is 2. The van der Waals surface area contributed by atoms with Crippen LogP contribution in [-0.4, -0.2) is 15.6 Å². The standard InChI is InChI=1S/C19H24N2O/c1-13-4-6-16(7-5-13)19(22)18-9-8-17(12-14(18)2)21-11-10-15(3)20-21/h8-13,16H,4-7H2,1-3H3. The van der Waals surface area contributed by atoms with E-state index in [0.717, 1.165) is 41.3 Å². The number of benzene rings is 1. The highest BCUT2D eigenvalue weighted by Gasteiger charge is 2.26. The lowest BCUT2D eigenvalue weighted by Crippen LogP contribution is -2.21. The number of carbonyl (C=O) groups is 1. The van der Waals surface area contributed by atoms with Crippen LogP contribution in [0.5, 0.6) is 0 Å². The summed E-state index contributed by atoms with van der Waals surface area (Å²) in [6.07, 6.45) is 6.40. The van der Waals surface area contributed by atoms with E-state index in [1.165, 1.54) is 12.8 Å². The Morgan fingerprint density at radius 2 is 1.86 bits per heavy atom. The third kappa shape index (κ3) is 2.99. The molecule has 116 valence electrons. The molecule has 1 aliphatic carbocycles. The molecule has 0 aliphatic heterocycles. The molecule has 1 fully saturated rings. The molecule has 1 saturated carbocycles. The minimum Gasteiger partial charge on any atom is -0.294 e. The second-order valence-electron chi connectivity index (χ2n) is 6.72. The van der Waals surface area contributed by atoms with E-state index >= 15 is 0 Å². The van der Waals surface area contributed by atoms with Crippen molar-refractivity contribution in [2.24, 2.45) is 11.8 Å². The summed E-state index contributed by atoms with van der Waals surface area (Å²) >= 11 is 0. The minimum atomic E-state index is 0.215. The molecule has 22 heavy (non-hydrogen) atoms. The van der Waals surface area contributed by atoms with Crippen LogP contribution < -0.4 is 0 Å². The Labute approximate surface area is 132 Å². The maximum Gasteiger partial charge on any atom is 0.166 e. The summed E-state index contributed by atoms with van der Waals surface area (Å²) in [5, 5.41) is 4.43. The van der Waals surface area contributed by atoms with E-state index in [9.17, 15) is 4.79 Å². The number of aryl methyl sites for hydroxylation is 2. The van der Waals surface area contributed by atoms with Gasteiger partial charge in [0.2, 0.25) is 0 Å². The van der Waals surface area contributed by atoms with Crippen LogP contribution in [-0.2, 0) is 0 Å². The predicted octanol–water partition coefficient (Wildman–Crippen LogP) is 4.50. The summed E-state index contributed by atoms with van der Waals surface area (Å²) in [5.74, 6) is 1.32. The number of rotatable bonds is 3. The Morgan fingerprint density at radius 1 is 1.14 bits per heavy atom. The smallest absolute Gasteiger partial charge is 0.166 e. The van der Waals surface area contributed by atoms with Crippen LogP contribution in [0.4, 0.5) is 0 Å². The van der Waals surface area contributed by atoms with Crippen molar-refractivity contribution in [3.05, 3.63) is 47.3 Å². The van der Waals surface area contributed by atoms with E-state index in [4.69, 9.17) is 0 Å². The molecule has 1 aromatic carbocycles. The highest BCUT2D eigenvalue weighted by molar-refractivity contribution is 5.99. The normalized spacial score (nSPS) is 21.8. The first-order valence-electron chi connectivity index (χ1n) is 8.22. The van der Waals surface area contributed by atoms with Gasteiger partial charge in [-0.1, -0.05) is 19.8 Å². The Balaban J connectivity index is 1.81. The molecule has 0 N–H and O–H groups in total. The summed E-state index contributed by atoms with van der Waals surface area (Å²) in [4.78, 5) is 12.8. The van der Waals surface area contributed by atoms with Gasteiger partial charge in [-0.3, -0.25) is 4.79 Å². The Hall–Kier alpha value is -1.90. The maximum absolute atomic E-state index is 12.8. The summed E-state index contributed by atoms with van der Waals surface area (Å²) in [6, 6.07) is 8.02. The monoisotopic (exact) mass is 296 g/mol. The van der Waals surface area contributed by atoms with Gasteiger partial charge in [0.05, 0.1) is 11.4 Å². The largest absolute Gasteiger partial charge is 0.294 e. The Bertz CT molecular complexity index is 678. The zero-order valence-corrected chi connectivity index (χ0v) is 13.7. The van der Waals surface area contributed by atoms with Crippen molar-refractivity contribution in [3.8, 4) is 5.69 Å². The lowest BCUT2D eigenvalue weighted by molar-refractivity contribution is 0.0875. The minimum absolute atomic E-state index is 0.215. The molecule has 0 spiro atoms. The van der Waals surface area contributed by atoms with Gasteiger partial charge in [0.25, 0.3) is 0 Å². The van der Waals surface area contributed by atoms with Gasteiger partial charge in [-0.05, 0) is 62.4 Å². The van der Waals surface area contributed by atoms with E-state index in [1.807, 2.05) is 42.9 Å². The van der Waals surface area contributed by atoms with Crippen LogP contribution in [0.25, 0.3) is 5.69 Å². The molecule has 0 atom stereocenters. The quantitative estimate of drug-likeness (QED) is 0.782. The first kappa shape index (κ1) is 15.0. The number of Topliss-reactive ketones (excluding diaryl/α,β-unsaturated/α-hetero) is 1. The van der Waals surface area contributed by atoms with Crippen molar-refractivity contribution >= 4 is 5.78 Å². The second kappa shape index (κ2) is 6.07. The van der Waals surface area contributed by atoms with E-state index in [0.29, 0.717) is 5.78 Å². The van der Waals surface area contributed by atoms with Crippen molar-refractivity contribution < 1.29 is 4.79 Å². The highest BCUT2D eigenvalue weighted by Crippen LogP contribution is 2.31. The van der Waals surface area contributed by atoms with Crippen LogP contribution in [0.15, 0.2) is 30.5 Å². The molecule has 0 unspecified atom stereocenters. The average Bonchev–Trinajstić information content (AvgIpc) is 2.94. The topological polar surface area (TPSA) is 34.9 Å². The fourth-order valence-corrected chi connectivity index (χ4v) is 3.37. The summed E-state index contributed by atoms with van der Waals surface area (Å²) < 4.78 is 1.86. The number of aromatic nitrogens is 2. The SMILES string of the molecule is Cc1ccn(-c2ccc(C(=O)C3CCC(C)CC3)c(C)c2)n1. The number of nitrogens with zero attached hydrogens (tertiary/aromatic N) is 2. The van der Waals surface area contributed by atoms with Gasteiger partial charge in [0, 0.05) is 17.7 Å². The first-order valence-corrected chi connectivity index (χ1v) is 8.22. The van der Waals surface area contributed by atoms with Crippen molar-refractivity contribution in [1.29, 1.82) is 0 Å². The van der Waals surface area contributed by atoms with Crippen LogP contribution in [0.1, 0.15) is 54.2 Å². The predicted molar refractivity (Wildman–Crippen MR) is 88.5 cm³/mol. The van der Waals surface area contributed by atoms with Gasteiger partial charge in [-0.2, -0.15) is 5.10 Å². The second-order valence-corrected chi connectivity index (χ2v) is 6.72. The summed E-state index contributed by atoms with van der Waals surface area (Å²) in [5.41, 5.74) is 3.94. The third-order valence-electron chi connectivity index (χ3n) is 4.85. The lowest BCUT2D eigenvalue weighted by Gasteiger charge is -2.25. The number of hydrogen-bond donors (Lipinski definition) is 0. The van der Waals surface area contributed by atoms with E-state index in [1.54, 1.807) is 0 Å². The molecular weight excluding hydrogens is 272 g/mol. The lowest BCUT2D eigenvalue weighted by atomic mass is 9.79. The van der Waals surface area contributed by atoms with Crippen LogP contribution in [0.2, 0.25) is 0 Å². The van der Waals surface area contributed by atoms with Crippen LogP contribution in [0, 0.1) is 25.7 Å². The highest BCUT2D eigenvalue weighted by atomic mass is 16.1. The van der Waals surface area contributed by atoms with E-state index < -0.39 is 0 Å². The average molecular weight is 296 g/mol. The molecule has 0 amide bonds. The maximum atomic E-state index is 12.8. The first-order chi connectivity index (χ1) is 10.5. The molecule has 1 aliphatic rings. The van der Waals surface area contributed by atoms with Gasteiger partial charge >= 0.3 is 0 Å². The molecule has 3 nitrogen and oxygen atoms in total.